The van der Waals surface area contributed by atoms with Crippen LogP contribution in [0.15, 0.2) is 11.6 Å². The first-order valence-corrected chi connectivity index (χ1v) is 6.39. The standard InChI is InChI=1S/C10H14ClN3S/c1-2-9-13-14-10(15-9)4-7-3-8(11)6-12-5-7/h3,8,12H,2,4-6H2,1H3. The smallest absolute Gasteiger partial charge is 0.121 e. The number of alkyl halides is 1. The average Bonchev–Trinajstić information content (AvgIpc) is 2.65. The predicted octanol–water partition coefficient (Wildman–Crippen LogP) is 1.78. The number of aryl methyl sites for hydroxylation is 1. The summed E-state index contributed by atoms with van der Waals surface area (Å²) < 4.78 is 0. The largest absolute Gasteiger partial charge is 0.311 e. The molecule has 15 heavy (non-hydrogen) atoms. The van der Waals surface area contributed by atoms with Crippen LogP contribution >= 0.6 is 22.9 Å². The summed E-state index contributed by atoms with van der Waals surface area (Å²) in [5.74, 6) is 0. The van der Waals surface area contributed by atoms with E-state index in [0.717, 1.165) is 35.9 Å². The van der Waals surface area contributed by atoms with Gasteiger partial charge >= 0.3 is 0 Å². The van der Waals surface area contributed by atoms with Crippen molar-refractivity contribution in [3.63, 3.8) is 0 Å². The fraction of sp³-hybridized carbons (Fsp3) is 0.600. The van der Waals surface area contributed by atoms with Gasteiger partial charge in [-0.2, -0.15) is 0 Å². The molecular weight excluding hydrogens is 230 g/mol. The van der Waals surface area contributed by atoms with Gasteiger partial charge in [0.2, 0.25) is 0 Å². The van der Waals surface area contributed by atoms with Crippen LogP contribution in [0.5, 0.6) is 0 Å². The molecule has 0 spiro atoms. The lowest BCUT2D eigenvalue weighted by Crippen LogP contribution is -2.30. The minimum absolute atomic E-state index is 0.118. The second-order valence-electron chi connectivity index (χ2n) is 3.59. The molecule has 1 aliphatic rings. The molecule has 1 unspecified atom stereocenters. The van der Waals surface area contributed by atoms with Crippen molar-refractivity contribution in [3.8, 4) is 0 Å². The van der Waals surface area contributed by atoms with Crippen LogP contribution in [0, 0.1) is 0 Å². The van der Waals surface area contributed by atoms with Crippen LogP contribution in [0.3, 0.4) is 0 Å². The highest BCUT2D eigenvalue weighted by atomic mass is 35.5. The third kappa shape index (κ3) is 3.00. The Labute approximate surface area is 98.6 Å². The van der Waals surface area contributed by atoms with Crippen molar-refractivity contribution in [1.29, 1.82) is 0 Å². The Kier molecular flexibility index (Phi) is 3.72. The molecule has 1 aromatic heterocycles. The lowest BCUT2D eigenvalue weighted by Gasteiger charge is -2.16. The first kappa shape index (κ1) is 11.0. The minimum Gasteiger partial charge on any atom is -0.311 e. The van der Waals surface area contributed by atoms with Gasteiger partial charge in [-0.3, -0.25) is 0 Å². The van der Waals surface area contributed by atoms with Crippen LogP contribution < -0.4 is 5.32 Å². The summed E-state index contributed by atoms with van der Waals surface area (Å²) in [4.78, 5) is 0. The fourth-order valence-corrected chi connectivity index (χ4v) is 2.69. The van der Waals surface area contributed by atoms with E-state index in [-0.39, 0.29) is 5.38 Å². The Morgan fingerprint density at radius 3 is 3.00 bits per heavy atom. The molecule has 0 saturated carbocycles. The fourth-order valence-electron chi connectivity index (χ4n) is 1.56. The predicted molar refractivity (Wildman–Crippen MR) is 63.6 cm³/mol. The molecule has 2 rings (SSSR count). The molecule has 0 aliphatic carbocycles. The van der Waals surface area contributed by atoms with E-state index in [0.29, 0.717) is 0 Å². The maximum Gasteiger partial charge on any atom is 0.121 e. The third-order valence-electron chi connectivity index (χ3n) is 2.30. The van der Waals surface area contributed by atoms with Crippen molar-refractivity contribution in [2.45, 2.75) is 25.1 Å². The van der Waals surface area contributed by atoms with E-state index >= 15 is 0 Å². The van der Waals surface area contributed by atoms with Gasteiger partial charge in [0.15, 0.2) is 0 Å². The summed E-state index contributed by atoms with van der Waals surface area (Å²) in [7, 11) is 0. The van der Waals surface area contributed by atoms with Crippen LogP contribution in [0.2, 0.25) is 0 Å². The van der Waals surface area contributed by atoms with Crippen molar-refractivity contribution < 1.29 is 0 Å². The number of rotatable bonds is 3. The van der Waals surface area contributed by atoms with Crippen LogP contribution in [-0.2, 0) is 12.8 Å². The highest BCUT2D eigenvalue weighted by molar-refractivity contribution is 7.11. The van der Waals surface area contributed by atoms with Crippen LogP contribution in [0.1, 0.15) is 16.9 Å². The summed E-state index contributed by atoms with van der Waals surface area (Å²) in [6.07, 6.45) is 3.98. The van der Waals surface area contributed by atoms with E-state index in [1.807, 2.05) is 0 Å². The number of halogens is 1. The molecule has 1 N–H and O–H groups in total. The zero-order chi connectivity index (χ0) is 10.7. The lowest BCUT2D eigenvalue weighted by molar-refractivity contribution is 0.693. The number of aromatic nitrogens is 2. The Balaban J connectivity index is 2.01. The van der Waals surface area contributed by atoms with E-state index in [2.05, 4.69) is 28.5 Å². The lowest BCUT2D eigenvalue weighted by atomic mass is 10.1. The second kappa shape index (κ2) is 5.05. The first-order chi connectivity index (χ1) is 7.28. The van der Waals surface area contributed by atoms with Crippen molar-refractivity contribution in [2.24, 2.45) is 0 Å². The quantitative estimate of drug-likeness (QED) is 0.650. The Morgan fingerprint density at radius 1 is 1.53 bits per heavy atom. The van der Waals surface area contributed by atoms with Gasteiger partial charge in [-0.05, 0) is 6.42 Å². The molecule has 1 aromatic rings. The molecule has 82 valence electrons. The number of hydrogen-bond acceptors (Lipinski definition) is 4. The van der Waals surface area contributed by atoms with Crippen LogP contribution in [-0.4, -0.2) is 28.7 Å². The minimum atomic E-state index is 0.118. The summed E-state index contributed by atoms with van der Waals surface area (Å²) in [6, 6.07) is 0. The van der Waals surface area contributed by atoms with E-state index in [1.165, 1.54) is 5.57 Å². The SMILES string of the molecule is CCc1nnc(CC2=CC(Cl)CNC2)s1. The van der Waals surface area contributed by atoms with E-state index in [4.69, 9.17) is 11.6 Å². The molecule has 1 atom stereocenters. The summed E-state index contributed by atoms with van der Waals surface area (Å²) in [5.41, 5.74) is 1.32. The van der Waals surface area contributed by atoms with Gasteiger partial charge in [0, 0.05) is 19.5 Å². The molecule has 0 amide bonds. The van der Waals surface area contributed by atoms with Crippen molar-refractivity contribution in [3.05, 3.63) is 21.7 Å². The van der Waals surface area contributed by atoms with Gasteiger partial charge in [-0.15, -0.1) is 33.1 Å². The number of hydrogen-bond donors (Lipinski definition) is 1. The highest BCUT2D eigenvalue weighted by Gasteiger charge is 2.12. The molecule has 5 heteroatoms. The zero-order valence-electron chi connectivity index (χ0n) is 8.66. The molecule has 0 aromatic carbocycles. The normalized spacial score (nSPS) is 21.5. The van der Waals surface area contributed by atoms with Gasteiger partial charge in [0.1, 0.15) is 10.0 Å². The van der Waals surface area contributed by atoms with Crippen LogP contribution in [0.4, 0.5) is 0 Å². The van der Waals surface area contributed by atoms with Crippen molar-refractivity contribution in [1.82, 2.24) is 15.5 Å². The van der Waals surface area contributed by atoms with Gasteiger partial charge in [-0.1, -0.05) is 18.6 Å². The van der Waals surface area contributed by atoms with Crippen molar-refractivity contribution >= 4 is 22.9 Å². The van der Waals surface area contributed by atoms with E-state index < -0.39 is 0 Å². The maximum absolute atomic E-state index is 6.04. The van der Waals surface area contributed by atoms with Gasteiger partial charge in [0.05, 0.1) is 5.38 Å². The van der Waals surface area contributed by atoms with Gasteiger partial charge in [0.25, 0.3) is 0 Å². The monoisotopic (exact) mass is 243 g/mol. The molecule has 3 nitrogen and oxygen atoms in total. The topological polar surface area (TPSA) is 37.8 Å². The zero-order valence-corrected chi connectivity index (χ0v) is 10.2. The summed E-state index contributed by atoms with van der Waals surface area (Å²) in [6.45, 7) is 3.88. The number of nitrogens with one attached hydrogen (secondary N) is 1. The van der Waals surface area contributed by atoms with Crippen molar-refractivity contribution in [2.75, 3.05) is 13.1 Å². The molecular formula is C10H14ClN3S. The highest BCUT2D eigenvalue weighted by Crippen LogP contribution is 2.16. The first-order valence-electron chi connectivity index (χ1n) is 5.13. The van der Waals surface area contributed by atoms with Gasteiger partial charge in [-0.25, -0.2) is 0 Å². The summed E-state index contributed by atoms with van der Waals surface area (Å²) in [5, 5.41) is 13.9. The summed E-state index contributed by atoms with van der Waals surface area (Å²) >= 11 is 7.73. The second-order valence-corrected chi connectivity index (χ2v) is 5.30. The average molecular weight is 244 g/mol. The molecule has 2 heterocycles. The molecule has 1 aliphatic heterocycles. The van der Waals surface area contributed by atoms with Crippen LogP contribution in [0.25, 0.3) is 0 Å². The number of nitrogens with zero attached hydrogens (tertiary/aromatic N) is 2. The molecule has 0 bridgehead atoms. The third-order valence-corrected chi connectivity index (χ3v) is 3.65. The van der Waals surface area contributed by atoms with E-state index in [1.54, 1.807) is 11.3 Å². The Bertz CT molecular complexity index is 361. The van der Waals surface area contributed by atoms with Gasteiger partial charge < -0.3 is 5.32 Å². The molecule has 0 radical (unpaired) electrons. The van der Waals surface area contributed by atoms with E-state index in [9.17, 15) is 0 Å². The maximum atomic E-state index is 6.04. The molecule has 0 saturated heterocycles. The Morgan fingerprint density at radius 2 is 2.33 bits per heavy atom. The molecule has 0 fully saturated rings. The Hall–Kier alpha value is -0.450.